The molecule has 1 saturated carbocycles. The zero-order valence-electron chi connectivity index (χ0n) is 12.5. The number of aromatic carboxylic acids is 1. The summed E-state index contributed by atoms with van der Waals surface area (Å²) < 4.78 is 0. The molecule has 0 aromatic heterocycles. The number of hydrogen-bond donors (Lipinski definition) is 1. The fraction of sp³-hybridized carbons (Fsp3) is 0.529. The predicted octanol–water partition coefficient (Wildman–Crippen LogP) is 3.11. The van der Waals surface area contributed by atoms with Crippen molar-refractivity contribution in [3.05, 3.63) is 35.4 Å². The molecule has 0 bridgehead atoms. The molecule has 4 heteroatoms. The van der Waals surface area contributed by atoms with Crippen LogP contribution in [0.1, 0.15) is 54.9 Å². The van der Waals surface area contributed by atoms with E-state index < -0.39 is 5.97 Å². The third-order valence-electron chi connectivity index (χ3n) is 3.92. The summed E-state index contributed by atoms with van der Waals surface area (Å²) in [4.78, 5) is 25.5. The van der Waals surface area contributed by atoms with Crippen LogP contribution in [0.4, 0.5) is 0 Å². The van der Waals surface area contributed by atoms with Gasteiger partial charge in [-0.2, -0.15) is 0 Å². The van der Waals surface area contributed by atoms with E-state index >= 15 is 0 Å². The lowest BCUT2D eigenvalue weighted by Gasteiger charge is -2.22. The van der Waals surface area contributed by atoms with E-state index in [2.05, 4.69) is 6.92 Å². The molecule has 1 aromatic rings. The summed E-state index contributed by atoms with van der Waals surface area (Å²) in [5.74, 6) is -0.769. The monoisotopic (exact) mass is 289 g/mol. The number of aryl methyl sites for hydroxylation is 1. The molecule has 0 radical (unpaired) electrons. The van der Waals surface area contributed by atoms with E-state index in [0.29, 0.717) is 24.4 Å². The summed E-state index contributed by atoms with van der Waals surface area (Å²) in [6.07, 6.45) is 5.23. The smallest absolute Gasteiger partial charge is 0.335 e. The summed E-state index contributed by atoms with van der Waals surface area (Å²) in [6, 6.07) is 7.36. The Labute approximate surface area is 125 Å². The maximum Gasteiger partial charge on any atom is 0.335 e. The fourth-order valence-electron chi connectivity index (χ4n) is 2.56. The summed E-state index contributed by atoms with van der Waals surface area (Å²) in [5.41, 5.74) is 1.04. The number of benzene rings is 1. The van der Waals surface area contributed by atoms with E-state index in [-0.39, 0.29) is 5.91 Å². The Morgan fingerprint density at radius 1 is 1.29 bits per heavy atom. The average Bonchev–Trinajstić information content (AvgIpc) is 3.30. The highest BCUT2D eigenvalue weighted by Gasteiger charge is 2.31. The minimum Gasteiger partial charge on any atom is -0.478 e. The van der Waals surface area contributed by atoms with Crippen molar-refractivity contribution >= 4 is 11.9 Å². The van der Waals surface area contributed by atoms with Gasteiger partial charge in [-0.3, -0.25) is 4.79 Å². The van der Waals surface area contributed by atoms with Crippen LogP contribution in [0.15, 0.2) is 24.3 Å². The van der Waals surface area contributed by atoms with Crippen LogP contribution in [-0.2, 0) is 11.2 Å². The average molecular weight is 289 g/mol. The van der Waals surface area contributed by atoms with Crippen molar-refractivity contribution in [2.45, 2.75) is 51.5 Å². The molecule has 1 aliphatic carbocycles. The number of carboxylic acids is 1. The standard InChI is InChI=1S/C17H23NO3/c1-2-3-12-18(14-9-10-14)16(19)11-8-13-6-4-5-7-15(13)17(20)21/h4-7,14H,2-3,8-12H2,1H3,(H,20,21). The van der Waals surface area contributed by atoms with E-state index in [1.807, 2.05) is 11.0 Å². The van der Waals surface area contributed by atoms with Gasteiger partial charge in [0.1, 0.15) is 0 Å². The molecule has 0 heterocycles. The quantitative estimate of drug-likeness (QED) is 0.800. The van der Waals surface area contributed by atoms with Gasteiger partial charge in [0.05, 0.1) is 5.56 Å². The van der Waals surface area contributed by atoms with Crippen molar-refractivity contribution in [2.75, 3.05) is 6.54 Å². The molecule has 1 aromatic carbocycles. The van der Waals surface area contributed by atoms with Gasteiger partial charge in [0.25, 0.3) is 0 Å². The molecule has 1 aliphatic rings. The highest BCUT2D eigenvalue weighted by molar-refractivity contribution is 5.89. The third kappa shape index (κ3) is 4.31. The number of nitrogens with zero attached hydrogens (tertiary/aromatic N) is 1. The minimum atomic E-state index is -0.928. The summed E-state index contributed by atoms with van der Waals surface area (Å²) in [5, 5.41) is 9.16. The van der Waals surface area contributed by atoms with Crippen LogP contribution in [-0.4, -0.2) is 34.5 Å². The van der Waals surface area contributed by atoms with Crippen molar-refractivity contribution in [2.24, 2.45) is 0 Å². The van der Waals surface area contributed by atoms with Crippen LogP contribution in [0.5, 0.6) is 0 Å². The molecule has 0 spiro atoms. The molecular weight excluding hydrogens is 266 g/mol. The van der Waals surface area contributed by atoms with Crippen molar-refractivity contribution in [3.63, 3.8) is 0 Å². The topological polar surface area (TPSA) is 57.6 Å². The number of carboxylic acid groups (broad SMARTS) is 1. The van der Waals surface area contributed by atoms with E-state index in [1.54, 1.807) is 18.2 Å². The van der Waals surface area contributed by atoms with Crippen LogP contribution in [0.25, 0.3) is 0 Å². The third-order valence-corrected chi connectivity index (χ3v) is 3.92. The van der Waals surface area contributed by atoms with Gasteiger partial charge < -0.3 is 10.0 Å². The van der Waals surface area contributed by atoms with Crippen molar-refractivity contribution < 1.29 is 14.7 Å². The van der Waals surface area contributed by atoms with Gasteiger partial charge in [-0.05, 0) is 37.3 Å². The SMILES string of the molecule is CCCCN(C(=O)CCc1ccccc1C(=O)O)C1CC1. The molecule has 4 nitrogen and oxygen atoms in total. The predicted molar refractivity (Wildman–Crippen MR) is 81.4 cm³/mol. The first-order valence-corrected chi connectivity index (χ1v) is 7.74. The molecule has 1 amide bonds. The van der Waals surface area contributed by atoms with E-state index in [0.717, 1.165) is 37.8 Å². The lowest BCUT2D eigenvalue weighted by Crippen LogP contribution is -2.34. The number of rotatable bonds is 8. The van der Waals surface area contributed by atoms with Gasteiger partial charge >= 0.3 is 5.97 Å². The van der Waals surface area contributed by atoms with Crippen LogP contribution >= 0.6 is 0 Å². The Hall–Kier alpha value is -1.84. The molecule has 21 heavy (non-hydrogen) atoms. The first-order valence-electron chi connectivity index (χ1n) is 7.74. The molecule has 1 fully saturated rings. The van der Waals surface area contributed by atoms with E-state index in [1.165, 1.54) is 0 Å². The largest absolute Gasteiger partial charge is 0.478 e. The molecule has 1 N–H and O–H groups in total. The maximum atomic E-state index is 12.4. The molecule has 2 rings (SSSR count). The second-order valence-corrected chi connectivity index (χ2v) is 5.63. The lowest BCUT2D eigenvalue weighted by atomic mass is 10.0. The minimum absolute atomic E-state index is 0.158. The molecule has 114 valence electrons. The Morgan fingerprint density at radius 2 is 2.00 bits per heavy atom. The molecule has 0 unspecified atom stereocenters. The lowest BCUT2D eigenvalue weighted by molar-refractivity contribution is -0.131. The normalized spacial score (nSPS) is 14.0. The second kappa shape index (κ2) is 7.25. The Balaban J connectivity index is 1.95. The van der Waals surface area contributed by atoms with Gasteiger partial charge in [-0.15, -0.1) is 0 Å². The Bertz CT molecular complexity index is 509. The molecule has 0 aliphatic heterocycles. The zero-order valence-corrected chi connectivity index (χ0v) is 12.5. The number of carbonyl (C=O) groups is 2. The molecule has 0 atom stereocenters. The van der Waals surface area contributed by atoms with Crippen LogP contribution < -0.4 is 0 Å². The van der Waals surface area contributed by atoms with Crippen molar-refractivity contribution in [3.8, 4) is 0 Å². The van der Waals surface area contributed by atoms with E-state index in [4.69, 9.17) is 5.11 Å². The zero-order chi connectivity index (χ0) is 15.2. The first-order chi connectivity index (χ1) is 10.1. The summed E-state index contributed by atoms with van der Waals surface area (Å²) >= 11 is 0. The summed E-state index contributed by atoms with van der Waals surface area (Å²) in [6.45, 7) is 2.96. The second-order valence-electron chi connectivity index (χ2n) is 5.63. The van der Waals surface area contributed by atoms with Crippen molar-refractivity contribution in [1.29, 1.82) is 0 Å². The van der Waals surface area contributed by atoms with Gasteiger partial charge in [-0.1, -0.05) is 31.5 Å². The highest BCUT2D eigenvalue weighted by atomic mass is 16.4. The number of carbonyl (C=O) groups excluding carboxylic acids is 1. The van der Waals surface area contributed by atoms with Crippen molar-refractivity contribution in [1.82, 2.24) is 4.90 Å². The van der Waals surface area contributed by atoms with Crippen LogP contribution in [0.2, 0.25) is 0 Å². The summed E-state index contributed by atoms with van der Waals surface area (Å²) in [7, 11) is 0. The van der Waals surface area contributed by atoms with Gasteiger partial charge in [0.15, 0.2) is 0 Å². The molecular formula is C17H23NO3. The van der Waals surface area contributed by atoms with E-state index in [9.17, 15) is 9.59 Å². The van der Waals surface area contributed by atoms with Crippen LogP contribution in [0.3, 0.4) is 0 Å². The number of hydrogen-bond acceptors (Lipinski definition) is 2. The first kappa shape index (κ1) is 15.5. The maximum absolute atomic E-state index is 12.4. The highest BCUT2D eigenvalue weighted by Crippen LogP contribution is 2.28. The number of unbranched alkanes of at least 4 members (excludes halogenated alkanes) is 1. The van der Waals surface area contributed by atoms with Gasteiger partial charge in [0, 0.05) is 19.0 Å². The Kier molecular flexibility index (Phi) is 5.37. The number of amides is 1. The molecule has 0 saturated heterocycles. The Morgan fingerprint density at radius 3 is 2.62 bits per heavy atom. The fourth-order valence-corrected chi connectivity index (χ4v) is 2.56. The van der Waals surface area contributed by atoms with Crippen LogP contribution in [0, 0.1) is 0 Å². The van der Waals surface area contributed by atoms with Gasteiger partial charge in [0.2, 0.25) is 5.91 Å². The van der Waals surface area contributed by atoms with Gasteiger partial charge in [-0.25, -0.2) is 4.79 Å².